The van der Waals surface area contributed by atoms with Gasteiger partial charge in [-0.25, -0.2) is 0 Å². The predicted octanol–water partition coefficient (Wildman–Crippen LogP) is 2.07. The molecule has 96 valence electrons. The van der Waals surface area contributed by atoms with E-state index in [0.717, 1.165) is 0 Å². The smallest absolute Gasteiger partial charge is 0.352 e. The van der Waals surface area contributed by atoms with Gasteiger partial charge in [0.15, 0.2) is 6.29 Å². The lowest BCUT2D eigenvalue weighted by atomic mass is 10.2. The van der Waals surface area contributed by atoms with E-state index < -0.39 is 18.0 Å². The normalized spacial score (nSPS) is 19.1. The number of hydrogen-bond acceptors (Lipinski definition) is 3. The third kappa shape index (κ3) is 3.33. The van der Waals surface area contributed by atoms with Gasteiger partial charge in [0.25, 0.3) is 0 Å². The molecular weight excluding hydrogens is 223 g/mol. The van der Waals surface area contributed by atoms with Gasteiger partial charge in [-0.3, -0.25) is 5.32 Å². The average molecular weight is 241 g/mol. The van der Waals surface area contributed by atoms with E-state index >= 15 is 0 Å². The van der Waals surface area contributed by atoms with Crippen LogP contribution in [-0.2, 0) is 9.47 Å². The van der Waals surface area contributed by atoms with Gasteiger partial charge in [-0.15, -0.1) is 0 Å². The van der Waals surface area contributed by atoms with E-state index in [0.29, 0.717) is 13.2 Å². The summed E-state index contributed by atoms with van der Waals surface area (Å²) >= 11 is 0. The molecule has 0 radical (unpaired) electrons. The van der Waals surface area contributed by atoms with Gasteiger partial charge < -0.3 is 9.47 Å². The maximum absolute atomic E-state index is 12.6. The molecule has 0 saturated heterocycles. The second-order valence-corrected chi connectivity index (χ2v) is 3.80. The number of nitrogens with one attached hydrogen (secondary N) is 1. The van der Waals surface area contributed by atoms with Crippen LogP contribution in [0.2, 0.25) is 0 Å². The lowest BCUT2D eigenvalue weighted by Crippen LogP contribution is -2.48. The van der Waals surface area contributed by atoms with Crippen LogP contribution in [0.15, 0.2) is 0 Å². The summed E-state index contributed by atoms with van der Waals surface area (Å²) in [6.45, 7) is 4.48. The lowest BCUT2D eigenvalue weighted by Gasteiger charge is -2.24. The number of hydrogen-bond donors (Lipinski definition) is 1. The van der Waals surface area contributed by atoms with E-state index in [1.165, 1.54) is 0 Å². The Morgan fingerprint density at radius 1 is 1.19 bits per heavy atom. The number of halogens is 3. The van der Waals surface area contributed by atoms with Crippen LogP contribution in [0.3, 0.4) is 0 Å². The van der Waals surface area contributed by atoms with Crippen molar-refractivity contribution in [1.82, 2.24) is 5.32 Å². The van der Waals surface area contributed by atoms with E-state index in [1.807, 2.05) is 0 Å². The second kappa shape index (κ2) is 5.33. The SMILES string of the molecule is CCOC(CNC1(C(F)(F)F)CC1)OCC. The van der Waals surface area contributed by atoms with Gasteiger partial charge in [-0.2, -0.15) is 13.2 Å². The number of ether oxygens (including phenoxy) is 2. The molecule has 0 amide bonds. The molecule has 1 N–H and O–H groups in total. The number of rotatable bonds is 7. The van der Waals surface area contributed by atoms with E-state index in [2.05, 4.69) is 5.32 Å². The maximum Gasteiger partial charge on any atom is 0.406 e. The van der Waals surface area contributed by atoms with Crippen LogP contribution in [0.25, 0.3) is 0 Å². The summed E-state index contributed by atoms with van der Waals surface area (Å²) in [6, 6.07) is 0. The van der Waals surface area contributed by atoms with Gasteiger partial charge in [-0.1, -0.05) is 0 Å². The van der Waals surface area contributed by atoms with E-state index in [1.54, 1.807) is 13.8 Å². The summed E-state index contributed by atoms with van der Waals surface area (Å²) < 4.78 is 48.1. The summed E-state index contributed by atoms with van der Waals surface area (Å²) in [5.41, 5.74) is -1.69. The first-order valence-electron chi connectivity index (χ1n) is 5.50. The third-order valence-electron chi connectivity index (χ3n) is 2.60. The van der Waals surface area contributed by atoms with Crippen LogP contribution < -0.4 is 5.32 Å². The van der Waals surface area contributed by atoms with Crippen molar-refractivity contribution in [2.45, 2.75) is 44.7 Å². The predicted molar refractivity (Wildman–Crippen MR) is 53.1 cm³/mol. The van der Waals surface area contributed by atoms with Crippen molar-refractivity contribution < 1.29 is 22.6 Å². The summed E-state index contributed by atoms with van der Waals surface area (Å²) in [5.74, 6) is 0. The zero-order valence-electron chi connectivity index (χ0n) is 9.56. The van der Waals surface area contributed by atoms with Crippen molar-refractivity contribution in [3.8, 4) is 0 Å². The van der Waals surface area contributed by atoms with Crippen LogP contribution >= 0.6 is 0 Å². The van der Waals surface area contributed by atoms with Crippen molar-refractivity contribution in [3.05, 3.63) is 0 Å². The fourth-order valence-corrected chi connectivity index (χ4v) is 1.50. The summed E-state index contributed by atoms with van der Waals surface area (Å²) in [5, 5.41) is 2.50. The van der Waals surface area contributed by atoms with E-state index in [4.69, 9.17) is 9.47 Å². The largest absolute Gasteiger partial charge is 0.406 e. The Morgan fingerprint density at radius 3 is 2.00 bits per heavy atom. The monoisotopic (exact) mass is 241 g/mol. The first-order chi connectivity index (χ1) is 7.45. The van der Waals surface area contributed by atoms with Gasteiger partial charge in [0.1, 0.15) is 5.54 Å². The Kier molecular flexibility index (Phi) is 4.58. The van der Waals surface area contributed by atoms with Crippen molar-refractivity contribution in [2.24, 2.45) is 0 Å². The van der Waals surface area contributed by atoms with Gasteiger partial charge in [-0.05, 0) is 26.7 Å². The Morgan fingerprint density at radius 2 is 1.69 bits per heavy atom. The fourth-order valence-electron chi connectivity index (χ4n) is 1.50. The fraction of sp³-hybridized carbons (Fsp3) is 1.00. The highest BCUT2D eigenvalue weighted by Crippen LogP contribution is 2.48. The molecule has 3 nitrogen and oxygen atoms in total. The van der Waals surface area contributed by atoms with Crippen LogP contribution in [0.4, 0.5) is 13.2 Å². The molecule has 0 atom stereocenters. The highest BCUT2D eigenvalue weighted by Gasteiger charge is 2.63. The molecule has 1 aliphatic carbocycles. The van der Waals surface area contributed by atoms with Gasteiger partial charge >= 0.3 is 6.18 Å². The van der Waals surface area contributed by atoms with Gasteiger partial charge in [0.05, 0.1) is 0 Å². The number of alkyl halides is 3. The Bertz CT molecular complexity index is 211. The van der Waals surface area contributed by atoms with Gasteiger partial charge in [0, 0.05) is 19.8 Å². The summed E-state index contributed by atoms with van der Waals surface area (Å²) in [6.07, 6.45) is -4.51. The van der Waals surface area contributed by atoms with Crippen molar-refractivity contribution >= 4 is 0 Å². The second-order valence-electron chi connectivity index (χ2n) is 3.80. The van der Waals surface area contributed by atoms with Crippen molar-refractivity contribution in [1.29, 1.82) is 0 Å². The zero-order valence-corrected chi connectivity index (χ0v) is 9.56. The zero-order chi connectivity index (χ0) is 12.2. The molecule has 6 heteroatoms. The molecule has 0 heterocycles. The summed E-state index contributed by atoms with van der Waals surface area (Å²) in [4.78, 5) is 0. The molecule has 0 unspecified atom stereocenters. The van der Waals surface area contributed by atoms with Crippen molar-refractivity contribution in [2.75, 3.05) is 19.8 Å². The molecule has 0 aliphatic heterocycles. The molecule has 1 rings (SSSR count). The standard InChI is InChI=1S/C10H18F3NO2/c1-3-15-8(16-4-2)7-14-9(5-6-9)10(11,12)13/h8,14H,3-7H2,1-2H3. The topological polar surface area (TPSA) is 30.5 Å². The first kappa shape index (κ1) is 13.7. The Balaban J connectivity index is 2.37. The van der Waals surface area contributed by atoms with E-state index in [9.17, 15) is 13.2 Å². The lowest BCUT2D eigenvalue weighted by molar-refractivity contribution is -0.176. The highest BCUT2D eigenvalue weighted by atomic mass is 19.4. The third-order valence-corrected chi connectivity index (χ3v) is 2.60. The molecule has 0 aromatic rings. The molecule has 0 aromatic heterocycles. The quantitative estimate of drug-likeness (QED) is 0.692. The molecule has 0 aromatic carbocycles. The van der Waals surface area contributed by atoms with Crippen LogP contribution in [0, 0.1) is 0 Å². The minimum absolute atomic E-state index is 0.0706. The molecule has 1 aliphatic rings. The molecular formula is C10H18F3NO2. The minimum Gasteiger partial charge on any atom is -0.352 e. The van der Waals surface area contributed by atoms with Crippen LogP contribution in [-0.4, -0.2) is 37.8 Å². The summed E-state index contributed by atoms with van der Waals surface area (Å²) in [7, 11) is 0. The maximum atomic E-state index is 12.6. The molecule has 1 fully saturated rings. The Hall–Kier alpha value is -0.330. The molecule has 0 bridgehead atoms. The van der Waals surface area contributed by atoms with E-state index in [-0.39, 0.29) is 19.4 Å². The first-order valence-corrected chi connectivity index (χ1v) is 5.50. The highest BCUT2D eigenvalue weighted by molar-refractivity contribution is 5.07. The molecule has 0 spiro atoms. The van der Waals surface area contributed by atoms with Crippen LogP contribution in [0.5, 0.6) is 0 Å². The van der Waals surface area contributed by atoms with Gasteiger partial charge in [0.2, 0.25) is 0 Å². The van der Waals surface area contributed by atoms with Crippen molar-refractivity contribution in [3.63, 3.8) is 0 Å². The average Bonchev–Trinajstić information content (AvgIpc) is 2.94. The Labute approximate surface area is 93.3 Å². The minimum atomic E-state index is -4.18. The van der Waals surface area contributed by atoms with Crippen LogP contribution in [0.1, 0.15) is 26.7 Å². The molecule has 16 heavy (non-hydrogen) atoms. The molecule has 1 saturated carbocycles.